The van der Waals surface area contributed by atoms with Gasteiger partial charge in [-0.05, 0) is 43.7 Å². The molecular formula is C21H27N5O2. The number of rotatable bonds is 5. The molecule has 0 radical (unpaired) electrons. The van der Waals surface area contributed by atoms with Crippen molar-refractivity contribution in [2.24, 2.45) is 0 Å². The van der Waals surface area contributed by atoms with Gasteiger partial charge in [0.2, 0.25) is 5.95 Å². The highest BCUT2D eigenvalue weighted by atomic mass is 16.1. The topological polar surface area (TPSA) is 81.3 Å². The summed E-state index contributed by atoms with van der Waals surface area (Å²) in [6.45, 7) is 7.01. The van der Waals surface area contributed by atoms with Crippen LogP contribution in [0.2, 0.25) is 0 Å². The number of carbonyl (C=O) groups excluding carboxylic acids is 1. The lowest BCUT2D eigenvalue weighted by atomic mass is 10.1. The van der Waals surface area contributed by atoms with E-state index in [1.165, 1.54) is 0 Å². The lowest BCUT2D eigenvalue weighted by Gasteiger charge is -2.36. The summed E-state index contributed by atoms with van der Waals surface area (Å²) in [5.41, 5.74) is 3.02. The molecule has 2 N–H and O–H groups in total. The van der Waals surface area contributed by atoms with Crippen LogP contribution in [0.15, 0.2) is 35.1 Å². The molecule has 1 aliphatic heterocycles. The molecule has 7 nitrogen and oxygen atoms in total. The van der Waals surface area contributed by atoms with Gasteiger partial charge in [0.05, 0.1) is 5.69 Å². The SMILES string of the molecule is CC/C=C\c1nc(N2CCN(c3ccc(C(=O)NC)cc3)CC2)[nH]c(=O)c1C. The van der Waals surface area contributed by atoms with Crippen LogP contribution < -0.4 is 20.7 Å². The van der Waals surface area contributed by atoms with E-state index in [9.17, 15) is 9.59 Å². The second-order valence-corrected chi connectivity index (χ2v) is 6.81. The van der Waals surface area contributed by atoms with Crippen molar-refractivity contribution >= 4 is 23.6 Å². The molecule has 0 aliphatic carbocycles. The number of aromatic nitrogens is 2. The Kier molecular flexibility index (Phi) is 6.13. The average Bonchev–Trinajstić information content (AvgIpc) is 2.74. The normalized spacial score (nSPS) is 14.5. The van der Waals surface area contributed by atoms with Gasteiger partial charge in [0, 0.05) is 50.0 Å². The van der Waals surface area contributed by atoms with E-state index in [4.69, 9.17) is 0 Å². The van der Waals surface area contributed by atoms with Crippen molar-refractivity contribution in [3.05, 3.63) is 57.5 Å². The van der Waals surface area contributed by atoms with E-state index in [0.29, 0.717) is 17.1 Å². The van der Waals surface area contributed by atoms with Gasteiger partial charge in [-0.25, -0.2) is 4.98 Å². The zero-order valence-electron chi connectivity index (χ0n) is 16.7. The van der Waals surface area contributed by atoms with Crippen LogP contribution in [-0.2, 0) is 0 Å². The van der Waals surface area contributed by atoms with E-state index in [1.54, 1.807) is 14.0 Å². The van der Waals surface area contributed by atoms with Crippen LogP contribution in [0.5, 0.6) is 0 Å². The van der Waals surface area contributed by atoms with Crippen LogP contribution in [0.3, 0.4) is 0 Å². The van der Waals surface area contributed by atoms with Crippen LogP contribution in [0.1, 0.15) is 35.0 Å². The number of aromatic amines is 1. The van der Waals surface area contributed by atoms with Crippen molar-refractivity contribution in [1.82, 2.24) is 15.3 Å². The van der Waals surface area contributed by atoms with Crippen LogP contribution in [0.4, 0.5) is 11.6 Å². The van der Waals surface area contributed by atoms with E-state index < -0.39 is 0 Å². The molecule has 0 unspecified atom stereocenters. The van der Waals surface area contributed by atoms with E-state index in [1.807, 2.05) is 36.4 Å². The highest BCUT2D eigenvalue weighted by Gasteiger charge is 2.20. The summed E-state index contributed by atoms with van der Waals surface area (Å²) in [5, 5.41) is 2.63. The first kappa shape index (κ1) is 19.7. The Hall–Kier alpha value is -3.09. The van der Waals surface area contributed by atoms with E-state index >= 15 is 0 Å². The fourth-order valence-electron chi connectivity index (χ4n) is 3.22. The van der Waals surface area contributed by atoms with Crippen molar-refractivity contribution < 1.29 is 4.79 Å². The predicted molar refractivity (Wildman–Crippen MR) is 113 cm³/mol. The average molecular weight is 381 g/mol. The summed E-state index contributed by atoms with van der Waals surface area (Å²) < 4.78 is 0. The summed E-state index contributed by atoms with van der Waals surface area (Å²) in [6.07, 6.45) is 4.83. The molecule has 0 bridgehead atoms. The highest BCUT2D eigenvalue weighted by molar-refractivity contribution is 5.94. The molecule has 0 atom stereocenters. The summed E-state index contributed by atoms with van der Waals surface area (Å²) in [6, 6.07) is 7.62. The van der Waals surface area contributed by atoms with Crippen LogP contribution in [-0.4, -0.2) is 49.1 Å². The Morgan fingerprint density at radius 1 is 1.18 bits per heavy atom. The lowest BCUT2D eigenvalue weighted by Crippen LogP contribution is -2.47. The number of nitrogens with one attached hydrogen (secondary N) is 2. The van der Waals surface area contributed by atoms with Crippen LogP contribution >= 0.6 is 0 Å². The van der Waals surface area contributed by atoms with Gasteiger partial charge in [0.15, 0.2) is 0 Å². The number of piperazine rings is 1. The van der Waals surface area contributed by atoms with Crippen LogP contribution in [0, 0.1) is 6.92 Å². The van der Waals surface area contributed by atoms with E-state index in [0.717, 1.165) is 44.0 Å². The van der Waals surface area contributed by atoms with Gasteiger partial charge >= 0.3 is 0 Å². The number of hydrogen-bond donors (Lipinski definition) is 2. The first-order chi connectivity index (χ1) is 13.5. The number of anilines is 2. The zero-order chi connectivity index (χ0) is 20.1. The fraction of sp³-hybridized carbons (Fsp3) is 0.381. The molecular weight excluding hydrogens is 354 g/mol. The molecule has 1 aromatic carbocycles. The number of benzene rings is 1. The van der Waals surface area contributed by atoms with Gasteiger partial charge in [-0.2, -0.15) is 0 Å². The fourth-order valence-corrected chi connectivity index (χ4v) is 3.22. The monoisotopic (exact) mass is 381 g/mol. The smallest absolute Gasteiger partial charge is 0.255 e. The third-order valence-corrected chi connectivity index (χ3v) is 4.99. The van der Waals surface area contributed by atoms with Crippen LogP contribution in [0.25, 0.3) is 6.08 Å². The number of amides is 1. The van der Waals surface area contributed by atoms with Crippen molar-refractivity contribution in [3.63, 3.8) is 0 Å². The maximum atomic E-state index is 12.3. The molecule has 3 rings (SSSR count). The molecule has 0 spiro atoms. The molecule has 2 aromatic rings. The quantitative estimate of drug-likeness (QED) is 0.830. The third kappa shape index (κ3) is 4.24. The Labute approximate surface area is 165 Å². The second-order valence-electron chi connectivity index (χ2n) is 6.81. The minimum atomic E-state index is -0.0898. The number of carbonyl (C=O) groups is 1. The summed E-state index contributed by atoms with van der Waals surface area (Å²) in [7, 11) is 1.63. The first-order valence-electron chi connectivity index (χ1n) is 9.63. The number of hydrogen-bond acceptors (Lipinski definition) is 5. The van der Waals surface area contributed by atoms with Crippen molar-refractivity contribution in [2.45, 2.75) is 20.3 Å². The third-order valence-electron chi connectivity index (χ3n) is 4.99. The zero-order valence-corrected chi connectivity index (χ0v) is 16.7. The standard InChI is InChI=1S/C21H27N5O2/c1-4-5-6-18-15(2)19(27)24-21(23-18)26-13-11-25(12-14-26)17-9-7-16(8-10-17)20(28)22-3/h5-10H,4,11-14H2,1-3H3,(H,22,28)(H,23,24,27)/b6-5-. The minimum Gasteiger partial charge on any atom is -0.368 e. The van der Waals surface area contributed by atoms with Gasteiger partial charge in [0.25, 0.3) is 11.5 Å². The van der Waals surface area contributed by atoms with Gasteiger partial charge in [-0.3, -0.25) is 14.6 Å². The van der Waals surface area contributed by atoms with Gasteiger partial charge in [0.1, 0.15) is 0 Å². The Balaban J connectivity index is 1.70. The van der Waals surface area contributed by atoms with E-state index in [2.05, 4.69) is 32.0 Å². The highest BCUT2D eigenvalue weighted by Crippen LogP contribution is 2.19. The summed E-state index contributed by atoms with van der Waals surface area (Å²) >= 11 is 0. The predicted octanol–water partition coefficient (Wildman–Crippen LogP) is 2.19. The minimum absolute atomic E-state index is 0.0845. The molecule has 1 aromatic heterocycles. The maximum absolute atomic E-state index is 12.3. The first-order valence-corrected chi connectivity index (χ1v) is 9.63. The molecule has 1 amide bonds. The van der Waals surface area contributed by atoms with Gasteiger partial charge in [-0.1, -0.05) is 13.0 Å². The summed E-state index contributed by atoms with van der Waals surface area (Å²) in [5.74, 6) is 0.541. The van der Waals surface area contributed by atoms with Crippen molar-refractivity contribution in [1.29, 1.82) is 0 Å². The van der Waals surface area contributed by atoms with Gasteiger partial charge < -0.3 is 15.1 Å². The number of nitrogens with zero attached hydrogens (tertiary/aromatic N) is 3. The lowest BCUT2D eigenvalue weighted by molar-refractivity contribution is 0.0963. The molecule has 1 fully saturated rings. The number of allylic oxidation sites excluding steroid dienone is 1. The Bertz CT molecular complexity index is 909. The maximum Gasteiger partial charge on any atom is 0.255 e. The van der Waals surface area contributed by atoms with Crippen molar-refractivity contribution in [3.8, 4) is 0 Å². The molecule has 0 saturated carbocycles. The molecule has 148 valence electrons. The summed E-state index contributed by atoms with van der Waals surface area (Å²) in [4.78, 5) is 35.9. The number of H-pyrrole nitrogens is 1. The molecule has 1 aliphatic rings. The molecule has 1 saturated heterocycles. The van der Waals surface area contributed by atoms with E-state index in [-0.39, 0.29) is 11.5 Å². The Morgan fingerprint density at radius 2 is 1.82 bits per heavy atom. The molecule has 7 heteroatoms. The second kappa shape index (κ2) is 8.73. The molecule has 2 heterocycles. The van der Waals surface area contributed by atoms with Gasteiger partial charge in [-0.15, -0.1) is 0 Å². The largest absolute Gasteiger partial charge is 0.368 e. The Morgan fingerprint density at radius 3 is 2.43 bits per heavy atom. The molecule has 28 heavy (non-hydrogen) atoms. The van der Waals surface area contributed by atoms with Crippen molar-refractivity contribution in [2.75, 3.05) is 43.0 Å².